The zero-order valence-electron chi connectivity index (χ0n) is 10.6. The van der Waals surface area contributed by atoms with Crippen molar-refractivity contribution < 1.29 is 9.53 Å². The van der Waals surface area contributed by atoms with Gasteiger partial charge in [0.05, 0.1) is 6.61 Å². The first kappa shape index (κ1) is 11.7. The molecule has 19 heavy (non-hydrogen) atoms. The van der Waals surface area contributed by atoms with Gasteiger partial charge in [0.2, 0.25) is 5.95 Å². The molecule has 3 rings (SSSR count). The van der Waals surface area contributed by atoms with Gasteiger partial charge < -0.3 is 4.74 Å². The molecule has 0 atom stereocenters. The lowest BCUT2D eigenvalue weighted by molar-refractivity contribution is -0.116. The number of rotatable bonds is 2. The molecule has 98 valence electrons. The predicted octanol–water partition coefficient (Wildman–Crippen LogP) is 1.67. The summed E-state index contributed by atoms with van der Waals surface area (Å²) in [6, 6.07) is 3.83. The van der Waals surface area contributed by atoms with E-state index in [1.165, 1.54) is 0 Å². The lowest BCUT2D eigenvalue weighted by Gasteiger charge is -2.13. The second kappa shape index (κ2) is 4.72. The fraction of sp³-hybridized carbons (Fsp3) is 0.308. The summed E-state index contributed by atoms with van der Waals surface area (Å²) < 4.78 is 7.04. The van der Waals surface area contributed by atoms with Crippen LogP contribution in [0, 0.1) is 6.92 Å². The van der Waals surface area contributed by atoms with Crippen LogP contribution < -0.4 is 5.32 Å². The highest BCUT2D eigenvalue weighted by molar-refractivity contribution is 6.01. The Balaban J connectivity index is 1.85. The highest BCUT2D eigenvalue weighted by Gasteiger charge is 2.16. The van der Waals surface area contributed by atoms with Gasteiger partial charge in [-0.25, -0.2) is 0 Å². The number of aryl methyl sites for hydroxylation is 1. The molecule has 0 fully saturated rings. The first-order chi connectivity index (χ1) is 9.24. The summed E-state index contributed by atoms with van der Waals surface area (Å²) in [7, 11) is 0. The number of hydrogen-bond donors (Lipinski definition) is 1. The molecule has 2 aromatic rings. The topological polar surface area (TPSA) is 68.5 Å². The number of amides is 1. The van der Waals surface area contributed by atoms with E-state index in [0.29, 0.717) is 24.0 Å². The second-order valence-electron chi connectivity index (χ2n) is 4.47. The largest absolute Gasteiger partial charge is 0.488 e. The SMILES string of the molecule is Cc1ccn2c(NC(=O)C3=CCCCO3)nnc2c1. The number of anilines is 1. The van der Waals surface area contributed by atoms with Crippen molar-refractivity contribution in [1.29, 1.82) is 0 Å². The molecule has 0 unspecified atom stereocenters. The smallest absolute Gasteiger partial charge is 0.292 e. The Kier molecular flexibility index (Phi) is 2.91. The summed E-state index contributed by atoms with van der Waals surface area (Å²) in [4.78, 5) is 12.0. The summed E-state index contributed by atoms with van der Waals surface area (Å²) in [5.41, 5.74) is 1.80. The third-order valence-electron chi connectivity index (χ3n) is 2.95. The van der Waals surface area contributed by atoms with Crippen molar-refractivity contribution in [3.8, 4) is 0 Å². The Morgan fingerprint density at radius 1 is 1.47 bits per heavy atom. The molecular weight excluding hydrogens is 244 g/mol. The molecule has 6 nitrogen and oxygen atoms in total. The molecule has 1 amide bonds. The molecule has 3 heterocycles. The average molecular weight is 258 g/mol. The fourth-order valence-electron chi connectivity index (χ4n) is 1.96. The van der Waals surface area contributed by atoms with E-state index in [1.54, 1.807) is 10.5 Å². The van der Waals surface area contributed by atoms with E-state index in [4.69, 9.17) is 4.74 Å². The number of aromatic nitrogens is 3. The van der Waals surface area contributed by atoms with E-state index in [9.17, 15) is 4.79 Å². The van der Waals surface area contributed by atoms with Crippen LogP contribution in [-0.4, -0.2) is 27.1 Å². The number of carbonyl (C=O) groups is 1. The number of hydrogen-bond acceptors (Lipinski definition) is 4. The molecule has 0 saturated heterocycles. The van der Waals surface area contributed by atoms with Crippen LogP contribution in [0.15, 0.2) is 30.2 Å². The van der Waals surface area contributed by atoms with Gasteiger partial charge in [0, 0.05) is 6.20 Å². The van der Waals surface area contributed by atoms with Crippen LogP contribution in [0.3, 0.4) is 0 Å². The van der Waals surface area contributed by atoms with Crippen LogP contribution in [0.5, 0.6) is 0 Å². The number of pyridine rings is 1. The van der Waals surface area contributed by atoms with E-state index >= 15 is 0 Å². The molecule has 0 aromatic carbocycles. The molecule has 0 aliphatic carbocycles. The van der Waals surface area contributed by atoms with Gasteiger partial charge in [0.15, 0.2) is 11.4 Å². The van der Waals surface area contributed by atoms with Crippen molar-refractivity contribution in [1.82, 2.24) is 14.6 Å². The maximum atomic E-state index is 12.0. The molecule has 2 aromatic heterocycles. The Morgan fingerprint density at radius 2 is 2.37 bits per heavy atom. The number of nitrogens with zero attached hydrogens (tertiary/aromatic N) is 3. The van der Waals surface area contributed by atoms with Crippen molar-refractivity contribution in [3.05, 3.63) is 35.7 Å². The molecule has 1 aliphatic rings. The first-order valence-electron chi connectivity index (χ1n) is 6.20. The highest BCUT2D eigenvalue weighted by atomic mass is 16.5. The van der Waals surface area contributed by atoms with Crippen molar-refractivity contribution in [2.75, 3.05) is 11.9 Å². The van der Waals surface area contributed by atoms with Crippen molar-refractivity contribution >= 4 is 17.5 Å². The fourth-order valence-corrected chi connectivity index (χ4v) is 1.96. The molecule has 0 saturated carbocycles. The van der Waals surface area contributed by atoms with Gasteiger partial charge >= 0.3 is 0 Å². The van der Waals surface area contributed by atoms with Gasteiger partial charge in [-0.05, 0) is 43.5 Å². The maximum absolute atomic E-state index is 12.0. The van der Waals surface area contributed by atoms with Gasteiger partial charge in [0.1, 0.15) is 0 Å². The lowest BCUT2D eigenvalue weighted by Crippen LogP contribution is -2.20. The van der Waals surface area contributed by atoms with Crippen LogP contribution in [0.1, 0.15) is 18.4 Å². The van der Waals surface area contributed by atoms with Crippen molar-refractivity contribution in [3.63, 3.8) is 0 Å². The number of fused-ring (bicyclic) bond motifs is 1. The Hall–Kier alpha value is -2.37. The van der Waals surface area contributed by atoms with Crippen LogP contribution in [0.25, 0.3) is 5.65 Å². The Morgan fingerprint density at radius 3 is 3.16 bits per heavy atom. The quantitative estimate of drug-likeness (QED) is 0.889. The van der Waals surface area contributed by atoms with Gasteiger partial charge in [-0.15, -0.1) is 10.2 Å². The number of carbonyl (C=O) groups excluding carboxylic acids is 1. The molecule has 0 radical (unpaired) electrons. The average Bonchev–Trinajstić information content (AvgIpc) is 2.82. The summed E-state index contributed by atoms with van der Waals surface area (Å²) in [5.74, 6) is 0.472. The van der Waals surface area contributed by atoms with Crippen LogP contribution >= 0.6 is 0 Å². The minimum atomic E-state index is -0.283. The standard InChI is InChI=1S/C13H14N4O2/c1-9-5-6-17-11(8-9)15-16-13(17)14-12(18)10-4-2-3-7-19-10/h4-6,8H,2-3,7H2,1H3,(H,14,16,18). The lowest BCUT2D eigenvalue weighted by atomic mass is 10.2. The molecular formula is C13H14N4O2. The predicted molar refractivity (Wildman–Crippen MR) is 69.6 cm³/mol. The molecule has 1 aliphatic heterocycles. The van der Waals surface area contributed by atoms with Gasteiger partial charge in [-0.3, -0.25) is 14.5 Å². The van der Waals surface area contributed by atoms with Crippen molar-refractivity contribution in [2.45, 2.75) is 19.8 Å². The minimum absolute atomic E-state index is 0.283. The van der Waals surface area contributed by atoms with E-state index < -0.39 is 0 Å². The Bertz CT molecular complexity index is 660. The summed E-state index contributed by atoms with van der Waals surface area (Å²) in [6.45, 7) is 2.56. The number of ether oxygens (including phenoxy) is 1. The van der Waals surface area contributed by atoms with E-state index in [1.807, 2.05) is 25.3 Å². The van der Waals surface area contributed by atoms with Crippen molar-refractivity contribution in [2.24, 2.45) is 0 Å². The zero-order chi connectivity index (χ0) is 13.2. The van der Waals surface area contributed by atoms with Gasteiger partial charge in [-0.2, -0.15) is 0 Å². The molecule has 0 bridgehead atoms. The normalized spacial score (nSPS) is 14.9. The van der Waals surface area contributed by atoms with Gasteiger partial charge in [-0.1, -0.05) is 0 Å². The minimum Gasteiger partial charge on any atom is -0.488 e. The van der Waals surface area contributed by atoms with E-state index in [2.05, 4.69) is 15.5 Å². The molecule has 1 N–H and O–H groups in total. The highest BCUT2D eigenvalue weighted by Crippen LogP contribution is 2.14. The molecule has 0 spiro atoms. The maximum Gasteiger partial charge on any atom is 0.292 e. The monoisotopic (exact) mass is 258 g/mol. The zero-order valence-corrected chi connectivity index (χ0v) is 10.6. The Labute approximate surface area is 110 Å². The molecule has 6 heteroatoms. The second-order valence-corrected chi connectivity index (χ2v) is 4.47. The summed E-state index contributed by atoms with van der Waals surface area (Å²) >= 11 is 0. The van der Waals surface area contributed by atoms with E-state index in [-0.39, 0.29) is 5.91 Å². The number of nitrogens with one attached hydrogen (secondary N) is 1. The van der Waals surface area contributed by atoms with E-state index in [0.717, 1.165) is 18.4 Å². The first-order valence-corrected chi connectivity index (χ1v) is 6.20. The summed E-state index contributed by atoms with van der Waals surface area (Å²) in [6.07, 6.45) is 5.44. The third-order valence-corrected chi connectivity index (χ3v) is 2.95. The van der Waals surface area contributed by atoms with Crippen LogP contribution in [0.4, 0.5) is 5.95 Å². The van der Waals surface area contributed by atoms with Crippen LogP contribution in [0.2, 0.25) is 0 Å². The summed E-state index contributed by atoms with van der Waals surface area (Å²) in [5, 5.41) is 10.7. The van der Waals surface area contributed by atoms with Gasteiger partial charge in [0.25, 0.3) is 5.91 Å². The third kappa shape index (κ3) is 2.29. The van der Waals surface area contributed by atoms with Crippen LogP contribution in [-0.2, 0) is 9.53 Å². The number of allylic oxidation sites excluding steroid dienone is 1.